The molecule has 0 radical (unpaired) electrons. The van der Waals surface area contributed by atoms with Crippen molar-refractivity contribution in [2.75, 3.05) is 0 Å². The van der Waals surface area contributed by atoms with Crippen LogP contribution in [0.5, 0.6) is 0 Å². The molecular weight excluding hydrogens is 291 g/mol. The maximum absolute atomic E-state index is 13.2. The fourth-order valence-electron chi connectivity index (χ4n) is 1.97. The van der Waals surface area contributed by atoms with Crippen LogP contribution >= 0.6 is 11.8 Å². The molecule has 0 N–H and O–H groups in total. The molecular formula is C15H9FN2O2S. The highest BCUT2D eigenvalue weighted by Gasteiger charge is 2.13. The summed E-state index contributed by atoms with van der Waals surface area (Å²) in [6.07, 6.45) is 0. The summed E-state index contributed by atoms with van der Waals surface area (Å²) in [5, 5.41) is 12.3. The van der Waals surface area contributed by atoms with Crippen molar-refractivity contribution >= 4 is 28.4 Å². The standard InChI is InChI=1S/C15H9FN2O2S/c16-11-4-2-5-12(9-11)21-14-8-7-10-3-1-6-13(18(19)20)15(10)17-14/h1-9H. The van der Waals surface area contributed by atoms with E-state index in [4.69, 9.17) is 0 Å². The summed E-state index contributed by atoms with van der Waals surface area (Å²) in [6, 6.07) is 14.5. The molecule has 104 valence electrons. The summed E-state index contributed by atoms with van der Waals surface area (Å²) in [5.74, 6) is -0.327. The van der Waals surface area contributed by atoms with E-state index in [9.17, 15) is 14.5 Å². The molecule has 1 heterocycles. The fourth-order valence-corrected chi connectivity index (χ4v) is 2.80. The van der Waals surface area contributed by atoms with Gasteiger partial charge in [-0.1, -0.05) is 30.0 Å². The Morgan fingerprint density at radius 3 is 2.67 bits per heavy atom. The van der Waals surface area contributed by atoms with E-state index in [1.807, 2.05) is 0 Å². The van der Waals surface area contributed by atoms with Gasteiger partial charge in [-0.25, -0.2) is 9.37 Å². The van der Waals surface area contributed by atoms with Gasteiger partial charge in [0.1, 0.15) is 16.4 Å². The van der Waals surface area contributed by atoms with E-state index in [0.717, 1.165) is 0 Å². The predicted molar refractivity (Wildman–Crippen MR) is 78.9 cm³/mol. The zero-order chi connectivity index (χ0) is 14.8. The molecule has 0 bridgehead atoms. The van der Waals surface area contributed by atoms with E-state index in [1.54, 1.807) is 36.4 Å². The number of fused-ring (bicyclic) bond motifs is 1. The van der Waals surface area contributed by atoms with E-state index >= 15 is 0 Å². The number of pyridine rings is 1. The summed E-state index contributed by atoms with van der Waals surface area (Å²) >= 11 is 1.26. The third-order valence-electron chi connectivity index (χ3n) is 2.89. The van der Waals surface area contributed by atoms with E-state index in [2.05, 4.69) is 4.98 Å². The Labute approximate surface area is 123 Å². The van der Waals surface area contributed by atoms with Gasteiger partial charge in [0.2, 0.25) is 0 Å². The Morgan fingerprint density at radius 2 is 1.90 bits per heavy atom. The first-order chi connectivity index (χ1) is 10.1. The van der Waals surface area contributed by atoms with Gasteiger partial charge in [0.05, 0.1) is 4.92 Å². The lowest BCUT2D eigenvalue weighted by molar-refractivity contribution is -0.383. The normalized spacial score (nSPS) is 10.7. The molecule has 6 heteroatoms. The van der Waals surface area contributed by atoms with Crippen molar-refractivity contribution in [3.8, 4) is 0 Å². The minimum atomic E-state index is -0.452. The van der Waals surface area contributed by atoms with Crippen LogP contribution in [0.1, 0.15) is 0 Å². The number of aromatic nitrogens is 1. The SMILES string of the molecule is O=[N+]([O-])c1cccc2ccc(Sc3cccc(F)c3)nc12. The summed E-state index contributed by atoms with van der Waals surface area (Å²) in [5.41, 5.74) is 0.304. The van der Waals surface area contributed by atoms with Crippen LogP contribution in [-0.2, 0) is 0 Å². The number of benzene rings is 2. The third-order valence-corrected chi connectivity index (χ3v) is 3.81. The molecule has 0 aliphatic heterocycles. The molecule has 3 rings (SSSR count). The lowest BCUT2D eigenvalue weighted by atomic mass is 10.2. The molecule has 0 unspecified atom stereocenters. The van der Waals surface area contributed by atoms with E-state index < -0.39 is 4.92 Å². The molecule has 0 spiro atoms. The lowest BCUT2D eigenvalue weighted by Gasteiger charge is -2.03. The summed E-state index contributed by atoms with van der Waals surface area (Å²) in [7, 11) is 0. The number of nitro groups is 1. The molecule has 0 saturated carbocycles. The maximum atomic E-state index is 13.2. The number of rotatable bonds is 3. The highest BCUT2D eigenvalue weighted by molar-refractivity contribution is 7.99. The molecule has 0 atom stereocenters. The quantitative estimate of drug-likeness (QED) is 0.530. The van der Waals surface area contributed by atoms with Crippen LogP contribution in [0.25, 0.3) is 10.9 Å². The van der Waals surface area contributed by atoms with Crippen molar-refractivity contribution in [3.05, 3.63) is 70.5 Å². The minimum Gasteiger partial charge on any atom is -0.258 e. The largest absolute Gasteiger partial charge is 0.295 e. The fraction of sp³-hybridized carbons (Fsp3) is 0. The Bertz CT molecular complexity index is 839. The molecule has 0 aliphatic rings. The second-order valence-electron chi connectivity index (χ2n) is 4.31. The average Bonchev–Trinajstić information content (AvgIpc) is 2.46. The number of nitrogens with zero attached hydrogens (tertiary/aromatic N) is 2. The molecule has 21 heavy (non-hydrogen) atoms. The van der Waals surface area contributed by atoms with Gasteiger partial charge in [-0.2, -0.15) is 0 Å². The van der Waals surface area contributed by atoms with Gasteiger partial charge in [0.25, 0.3) is 5.69 Å². The van der Waals surface area contributed by atoms with Crippen LogP contribution in [0.3, 0.4) is 0 Å². The predicted octanol–water partition coefficient (Wildman–Crippen LogP) is 4.43. The van der Waals surface area contributed by atoms with Crippen molar-refractivity contribution in [2.24, 2.45) is 0 Å². The Kier molecular flexibility index (Phi) is 3.53. The number of hydrogen-bond acceptors (Lipinski definition) is 4. The summed E-state index contributed by atoms with van der Waals surface area (Å²) < 4.78 is 13.2. The van der Waals surface area contributed by atoms with Gasteiger partial charge < -0.3 is 0 Å². The molecule has 0 fully saturated rings. The van der Waals surface area contributed by atoms with Crippen LogP contribution in [0.15, 0.2) is 64.5 Å². The monoisotopic (exact) mass is 300 g/mol. The van der Waals surface area contributed by atoms with Gasteiger partial charge >= 0.3 is 0 Å². The highest BCUT2D eigenvalue weighted by Crippen LogP contribution is 2.30. The van der Waals surface area contributed by atoms with Crippen molar-refractivity contribution < 1.29 is 9.31 Å². The number of non-ortho nitro benzene ring substituents is 1. The average molecular weight is 300 g/mol. The van der Waals surface area contributed by atoms with E-state index in [1.165, 1.54) is 30.0 Å². The van der Waals surface area contributed by atoms with Gasteiger partial charge in [-0.3, -0.25) is 10.1 Å². The highest BCUT2D eigenvalue weighted by atomic mass is 32.2. The second-order valence-corrected chi connectivity index (χ2v) is 5.41. The van der Waals surface area contributed by atoms with Crippen LogP contribution in [-0.4, -0.2) is 9.91 Å². The van der Waals surface area contributed by atoms with Crippen LogP contribution in [0, 0.1) is 15.9 Å². The molecule has 3 aromatic rings. The van der Waals surface area contributed by atoms with Crippen LogP contribution < -0.4 is 0 Å². The van der Waals surface area contributed by atoms with E-state index in [0.29, 0.717) is 20.8 Å². The summed E-state index contributed by atoms with van der Waals surface area (Å²) in [6.45, 7) is 0. The van der Waals surface area contributed by atoms with Gasteiger partial charge in [0.15, 0.2) is 0 Å². The molecule has 0 aliphatic carbocycles. The Morgan fingerprint density at radius 1 is 1.10 bits per heavy atom. The van der Waals surface area contributed by atoms with Gasteiger partial charge in [-0.05, 0) is 30.3 Å². The number of para-hydroxylation sites is 1. The van der Waals surface area contributed by atoms with Crippen LogP contribution in [0.4, 0.5) is 10.1 Å². The van der Waals surface area contributed by atoms with Crippen molar-refractivity contribution in [1.82, 2.24) is 4.98 Å². The Hall–Kier alpha value is -2.47. The van der Waals surface area contributed by atoms with Crippen molar-refractivity contribution in [1.29, 1.82) is 0 Å². The maximum Gasteiger partial charge on any atom is 0.295 e. The summed E-state index contributed by atoms with van der Waals surface area (Å²) in [4.78, 5) is 15.6. The molecule has 2 aromatic carbocycles. The molecule has 0 saturated heterocycles. The van der Waals surface area contributed by atoms with Crippen LogP contribution in [0.2, 0.25) is 0 Å². The smallest absolute Gasteiger partial charge is 0.258 e. The Balaban J connectivity index is 2.04. The zero-order valence-electron chi connectivity index (χ0n) is 10.7. The molecule has 0 amide bonds. The van der Waals surface area contributed by atoms with Crippen molar-refractivity contribution in [3.63, 3.8) is 0 Å². The van der Waals surface area contributed by atoms with Crippen molar-refractivity contribution in [2.45, 2.75) is 9.92 Å². The first kappa shape index (κ1) is 13.5. The first-order valence-electron chi connectivity index (χ1n) is 6.11. The second kappa shape index (κ2) is 5.49. The third kappa shape index (κ3) is 2.85. The zero-order valence-corrected chi connectivity index (χ0v) is 11.5. The number of nitro benzene ring substituents is 1. The number of halogens is 1. The molecule has 1 aromatic heterocycles. The lowest BCUT2D eigenvalue weighted by Crippen LogP contribution is -1.92. The minimum absolute atomic E-state index is 0.0332. The number of hydrogen-bond donors (Lipinski definition) is 0. The first-order valence-corrected chi connectivity index (χ1v) is 6.93. The molecule has 4 nitrogen and oxygen atoms in total. The topological polar surface area (TPSA) is 56.0 Å². The van der Waals surface area contributed by atoms with E-state index in [-0.39, 0.29) is 11.5 Å². The van der Waals surface area contributed by atoms with Gasteiger partial charge in [0, 0.05) is 16.3 Å². The van der Waals surface area contributed by atoms with Gasteiger partial charge in [-0.15, -0.1) is 0 Å².